The maximum absolute atomic E-state index is 12.6. The molecule has 2 aliphatic rings. The van der Waals surface area contributed by atoms with Gasteiger partial charge in [-0.3, -0.25) is 4.79 Å². The van der Waals surface area contributed by atoms with Gasteiger partial charge in [0.15, 0.2) is 4.34 Å². The van der Waals surface area contributed by atoms with Gasteiger partial charge in [0.2, 0.25) is 11.0 Å². The van der Waals surface area contributed by atoms with Crippen LogP contribution >= 0.6 is 23.1 Å². The SMILES string of the molecule is COc1ccc(N2CCN(C(=O)CSc3nnc(N4CCOCC4)s3)CC2)cc1. The van der Waals surface area contributed by atoms with Gasteiger partial charge in [-0.15, -0.1) is 10.2 Å². The largest absolute Gasteiger partial charge is 0.497 e. The van der Waals surface area contributed by atoms with E-state index in [-0.39, 0.29) is 5.91 Å². The second-order valence-electron chi connectivity index (χ2n) is 6.80. The van der Waals surface area contributed by atoms with Crippen LogP contribution in [0.3, 0.4) is 0 Å². The Balaban J connectivity index is 1.23. The minimum atomic E-state index is 0.160. The van der Waals surface area contributed by atoms with E-state index in [1.165, 1.54) is 11.8 Å². The molecule has 2 aliphatic heterocycles. The zero-order valence-corrected chi connectivity index (χ0v) is 18.1. The van der Waals surface area contributed by atoms with Crippen molar-refractivity contribution >= 4 is 39.8 Å². The lowest BCUT2D eigenvalue weighted by Gasteiger charge is -2.36. The smallest absolute Gasteiger partial charge is 0.233 e. The molecule has 0 bridgehead atoms. The number of morpholine rings is 1. The van der Waals surface area contributed by atoms with E-state index < -0.39 is 0 Å². The van der Waals surface area contributed by atoms with Crippen LogP contribution in [0, 0.1) is 0 Å². The number of nitrogens with zero attached hydrogens (tertiary/aromatic N) is 5. The van der Waals surface area contributed by atoms with Crippen LogP contribution in [-0.4, -0.2) is 86.3 Å². The standard InChI is InChI=1S/C19H25N5O3S2/c1-26-16-4-2-15(3-5-16)22-6-8-23(9-7-22)17(25)14-28-19-21-20-18(29-19)24-10-12-27-13-11-24/h2-5H,6-14H2,1H3. The van der Waals surface area contributed by atoms with Crippen LogP contribution in [0.15, 0.2) is 28.6 Å². The van der Waals surface area contributed by atoms with Crippen molar-refractivity contribution in [1.29, 1.82) is 0 Å². The molecule has 0 N–H and O–H groups in total. The van der Waals surface area contributed by atoms with E-state index in [4.69, 9.17) is 9.47 Å². The van der Waals surface area contributed by atoms with Crippen LogP contribution in [0.25, 0.3) is 0 Å². The van der Waals surface area contributed by atoms with Crippen molar-refractivity contribution in [3.05, 3.63) is 24.3 Å². The molecule has 0 spiro atoms. The fourth-order valence-electron chi connectivity index (χ4n) is 3.37. The second kappa shape index (κ2) is 9.64. The molecule has 0 radical (unpaired) electrons. The molecule has 156 valence electrons. The highest BCUT2D eigenvalue weighted by atomic mass is 32.2. The molecule has 2 aromatic rings. The number of aromatic nitrogens is 2. The van der Waals surface area contributed by atoms with Crippen LogP contribution < -0.4 is 14.5 Å². The van der Waals surface area contributed by atoms with E-state index in [9.17, 15) is 4.79 Å². The quantitative estimate of drug-likeness (QED) is 0.637. The van der Waals surface area contributed by atoms with Gasteiger partial charge in [0.1, 0.15) is 5.75 Å². The zero-order valence-electron chi connectivity index (χ0n) is 16.5. The molecule has 2 saturated heterocycles. The fourth-order valence-corrected chi connectivity index (χ4v) is 5.16. The van der Waals surface area contributed by atoms with Gasteiger partial charge in [-0.05, 0) is 24.3 Å². The Morgan fingerprint density at radius 2 is 1.79 bits per heavy atom. The van der Waals surface area contributed by atoms with Crippen LogP contribution in [0.2, 0.25) is 0 Å². The number of hydrogen-bond acceptors (Lipinski definition) is 9. The van der Waals surface area contributed by atoms with Crippen molar-refractivity contribution in [3.63, 3.8) is 0 Å². The van der Waals surface area contributed by atoms with Crippen LogP contribution in [0.4, 0.5) is 10.8 Å². The lowest BCUT2D eigenvalue weighted by molar-refractivity contribution is -0.128. The Morgan fingerprint density at radius 1 is 1.07 bits per heavy atom. The number of methoxy groups -OCH3 is 1. The van der Waals surface area contributed by atoms with Crippen molar-refractivity contribution in [3.8, 4) is 5.75 Å². The number of amides is 1. The first-order valence-corrected chi connectivity index (χ1v) is 11.5. The third-order valence-electron chi connectivity index (χ3n) is 5.07. The molecule has 0 saturated carbocycles. The van der Waals surface area contributed by atoms with Gasteiger partial charge in [-0.2, -0.15) is 0 Å². The monoisotopic (exact) mass is 435 g/mol. The first-order valence-electron chi connectivity index (χ1n) is 9.69. The molecule has 3 heterocycles. The highest BCUT2D eigenvalue weighted by Crippen LogP contribution is 2.29. The van der Waals surface area contributed by atoms with Gasteiger partial charge in [-0.25, -0.2) is 0 Å². The Labute approximate surface area is 178 Å². The molecule has 8 nitrogen and oxygen atoms in total. The predicted molar refractivity (Wildman–Crippen MR) is 115 cm³/mol. The predicted octanol–water partition coefficient (Wildman–Crippen LogP) is 1.82. The summed E-state index contributed by atoms with van der Waals surface area (Å²) >= 11 is 3.03. The number of thioether (sulfide) groups is 1. The Morgan fingerprint density at radius 3 is 2.48 bits per heavy atom. The first-order chi connectivity index (χ1) is 14.2. The third-order valence-corrected chi connectivity index (χ3v) is 7.17. The summed E-state index contributed by atoms with van der Waals surface area (Å²) in [4.78, 5) is 19.0. The molecular weight excluding hydrogens is 410 g/mol. The number of anilines is 2. The van der Waals surface area contributed by atoms with E-state index in [0.29, 0.717) is 5.75 Å². The van der Waals surface area contributed by atoms with Crippen LogP contribution in [0.5, 0.6) is 5.75 Å². The fraction of sp³-hybridized carbons (Fsp3) is 0.526. The number of carbonyl (C=O) groups excluding carboxylic acids is 1. The lowest BCUT2D eigenvalue weighted by Crippen LogP contribution is -2.49. The highest BCUT2D eigenvalue weighted by molar-refractivity contribution is 8.01. The second-order valence-corrected chi connectivity index (χ2v) is 8.98. The molecule has 1 amide bonds. The van der Waals surface area contributed by atoms with Crippen LogP contribution in [-0.2, 0) is 9.53 Å². The number of benzene rings is 1. The molecular formula is C19H25N5O3S2. The van der Waals surface area contributed by atoms with Crippen molar-refractivity contribution in [1.82, 2.24) is 15.1 Å². The molecule has 0 unspecified atom stereocenters. The molecule has 0 atom stereocenters. The molecule has 2 fully saturated rings. The van der Waals surface area contributed by atoms with Gasteiger partial charge in [0.05, 0.1) is 26.1 Å². The van der Waals surface area contributed by atoms with Crippen molar-refractivity contribution in [2.45, 2.75) is 4.34 Å². The number of piperazine rings is 1. The summed E-state index contributed by atoms with van der Waals surface area (Å²) in [7, 11) is 1.67. The maximum Gasteiger partial charge on any atom is 0.233 e. The Hall–Kier alpha value is -2.04. The van der Waals surface area contributed by atoms with E-state index >= 15 is 0 Å². The minimum absolute atomic E-state index is 0.160. The molecule has 4 rings (SSSR count). The van der Waals surface area contributed by atoms with Crippen LogP contribution in [0.1, 0.15) is 0 Å². The highest BCUT2D eigenvalue weighted by Gasteiger charge is 2.22. The van der Waals surface area contributed by atoms with Crippen molar-refractivity contribution in [2.24, 2.45) is 0 Å². The maximum atomic E-state index is 12.6. The average molecular weight is 436 g/mol. The van der Waals surface area contributed by atoms with Gasteiger partial charge in [0.25, 0.3) is 0 Å². The summed E-state index contributed by atoms with van der Waals surface area (Å²) in [5, 5.41) is 9.41. The molecule has 1 aromatic carbocycles. The number of hydrogen-bond donors (Lipinski definition) is 0. The third kappa shape index (κ3) is 5.12. The average Bonchev–Trinajstić information content (AvgIpc) is 3.27. The lowest BCUT2D eigenvalue weighted by atomic mass is 10.2. The molecule has 1 aromatic heterocycles. The van der Waals surface area contributed by atoms with E-state index in [2.05, 4.69) is 32.1 Å². The molecule has 10 heteroatoms. The normalized spacial score (nSPS) is 17.5. The molecule has 0 aliphatic carbocycles. The van der Waals surface area contributed by atoms with E-state index in [1.807, 2.05) is 17.0 Å². The Bertz CT molecular complexity index is 802. The van der Waals surface area contributed by atoms with Crippen molar-refractivity contribution < 1.29 is 14.3 Å². The summed E-state index contributed by atoms with van der Waals surface area (Å²) in [5.41, 5.74) is 1.16. The Kier molecular flexibility index (Phi) is 6.73. The van der Waals surface area contributed by atoms with Gasteiger partial charge >= 0.3 is 0 Å². The molecule has 29 heavy (non-hydrogen) atoms. The first kappa shape index (κ1) is 20.2. The van der Waals surface area contributed by atoms with Gasteiger partial charge < -0.3 is 24.2 Å². The topological polar surface area (TPSA) is 71.0 Å². The van der Waals surface area contributed by atoms with Gasteiger partial charge in [-0.1, -0.05) is 23.1 Å². The zero-order chi connectivity index (χ0) is 20.1. The number of carbonyl (C=O) groups is 1. The van der Waals surface area contributed by atoms with Crippen molar-refractivity contribution in [2.75, 3.05) is 75.1 Å². The summed E-state index contributed by atoms with van der Waals surface area (Å²) in [6.45, 7) is 6.28. The number of rotatable bonds is 6. The van der Waals surface area contributed by atoms with Gasteiger partial charge in [0, 0.05) is 45.0 Å². The minimum Gasteiger partial charge on any atom is -0.497 e. The summed E-state index contributed by atoms with van der Waals surface area (Å²) in [6.07, 6.45) is 0. The summed E-state index contributed by atoms with van der Waals surface area (Å²) in [5.74, 6) is 1.42. The summed E-state index contributed by atoms with van der Waals surface area (Å²) in [6, 6.07) is 8.06. The van der Waals surface area contributed by atoms with E-state index in [0.717, 1.165) is 73.4 Å². The number of ether oxygens (including phenoxy) is 2. The summed E-state index contributed by atoms with van der Waals surface area (Å²) < 4.78 is 11.4. The van der Waals surface area contributed by atoms with E-state index in [1.54, 1.807) is 18.4 Å².